The van der Waals surface area contributed by atoms with Crippen LogP contribution < -0.4 is 11.1 Å². The maximum Gasteiger partial charge on any atom is 0.344 e. The molecule has 4 rings (SSSR count). The first-order valence-corrected chi connectivity index (χ1v) is 11.1. The summed E-state index contributed by atoms with van der Waals surface area (Å²) in [4.78, 5) is 16.8. The molecule has 0 saturated carbocycles. The van der Waals surface area contributed by atoms with Gasteiger partial charge in [-0.1, -0.05) is 65.9 Å². The quantitative estimate of drug-likeness (QED) is 0.580. The molecule has 2 heterocycles. The van der Waals surface area contributed by atoms with Crippen LogP contribution in [0.2, 0.25) is 0 Å². The summed E-state index contributed by atoms with van der Waals surface area (Å²) in [7, 11) is 0. The number of nitrogens with two attached hydrogens (primary N) is 1. The van der Waals surface area contributed by atoms with E-state index in [9.17, 15) is 4.79 Å². The number of nitrogens with one attached hydrogen (secondary N) is 1. The van der Waals surface area contributed by atoms with Crippen molar-refractivity contribution in [1.29, 1.82) is 0 Å². The average Bonchev–Trinajstić information content (AvgIpc) is 3.20. The van der Waals surface area contributed by atoms with Crippen LogP contribution in [0.3, 0.4) is 0 Å². The Morgan fingerprint density at radius 1 is 1.13 bits per heavy atom. The lowest BCUT2D eigenvalue weighted by Crippen LogP contribution is -2.44. The lowest BCUT2D eigenvalue weighted by Gasteiger charge is -2.35. The zero-order valence-electron chi connectivity index (χ0n) is 17.4. The van der Waals surface area contributed by atoms with E-state index in [1.165, 1.54) is 0 Å². The van der Waals surface area contributed by atoms with Crippen molar-refractivity contribution < 1.29 is 4.79 Å². The van der Waals surface area contributed by atoms with Gasteiger partial charge in [-0.2, -0.15) is 10.1 Å². The molecule has 1 aliphatic heterocycles. The molecular formula is C24H25N5OS. The summed E-state index contributed by atoms with van der Waals surface area (Å²) in [6.45, 7) is 2.59. The SMILES string of the molecule is Cc1cccc(C2=NN(C(=O)Nc3cccnc3)C(CCCN)(c3ccccc3)S2)c1. The van der Waals surface area contributed by atoms with Crippen LogP contribution in [-0.2, 0) is 4.87 Å². The second-order valence-electron chi connectivity index (χ2n) is 7.40. The van der Waals surface area contributed by atoms with E-state index in [1.54, 1.807) is 35.2 Å². The number of rotatable bonds is 6. The monoisotopic (exact) mass is 431 g/mol. The number of hydrogen-bond acceptors (Lipinski definition) is 5. The third kappa shape index (κ3) is 4.47. The Hall–Kier alpha value is -3.16. The summed E-state index contributed by atoms with van der Waals surface area (Å²) in [6.07, 6.45) is 4.73. The third-order valence-electron chi connectivity index (χ3n) is 5.11. The number of aryl methyl sites for hydroxylation is 1. The number of thioether (sulfide) groups is 1. The van der Waals surface area contributed by atoms with E-state index in [0.29, 0.717) is 18.7 Å². The Bertz CT molecular complexity index is 1070. The van der Waals surface area contributed by atoms with Crippen molar-refractivity contribution in [2.24, 2.45) is 10.8 Å². The van der Waals surface area contributed by atoms with Gasteiger partial charge in [0, 0.05) is 11.8 Å². The molecular weight excluding hydrogens is 406 g/mol. The number of urea groups is 1. The van der Waals surface area contributed by atoms with Gasteiger partial charge in [0.25, 0.3) is 0 Å². The van der Waals surface area contributed by atoms with Gasteiger partial charge >= 0.3 is 6.03 Å². The molecule has 3 N–H and O–H groups in total. The molecule has 0 bridgehead atoms. The number of hydrazone groups is 1. The highest BCUT2D eigenvalue weighted by Gasteiger charge is 2.48. The third-order valence-corrected chi connectivity index (χ3v) is 6.57. The number of nitrogens with zero attached hydrogens (tertiary/aromatic N) is 3. The van der Waals surface area contributed by atoms with Crippen molar-refractivity contribution in [2.45, 2.75) is 24.6 Å². The van der Waals surface area contributed by atoms with Crippen LogP contribution >= 0.6 is 11.8 Å². The molecule has 1 atom stereocenters. The van der Waals surface area contributed by atoms with E-state index in [2.05, 4.69) is 29.4 Å². The summed E-state index contributed by atoms with van der Waals surface area (Å²) >= 11 is 1.60. The number of anilines is 1. The fourth-order valence-corrected chi connectivity index (χ4v) is 5.03. The Balaban J connectivity index is 1.78. The summed E-state index contributed by atoms with van der Waals surface area (Å²) in [6, 6.07) is 21.5. The highest BCUT2D eigenvalue weighted by Crippen LogP contribution is 2.50. The van der Waals surface area contributed by atoms with E-state index in [4.69, 9.17) is 10.8 Å². The molecule has 0 saturated heterocycles. The van der Waals surface area contributed by atoms with E-state index >= 15 is 0 Å². The molecule has 1 aliphatic rings. The second kappa shape index (κ2) is 9.32. The molecule has 2 amide bonds. The summed E-state index contributed by atoms with van der Waals surface area (Å²) in [5.74, 6) is 0. The number of carbonyl (C=O) groups is 1. The highest BCUT2D eigenvalue weighted by atomic mass is 32.2. The molecule has 1 aromatic heterocycles. The predicted molar refractivity (Wildman–Crippen MR) is 127 cm³/mol. The Kier molecular flexibility index (Phi) is 6.34. The van der Waals surface area contributed by atoms with Crippen molar-refractivity contribution in [3.05, 3.63) is 95.8 Å². The minimum absolute atomic E-state index is 0.302. The first kappa shape index (κ1) is 21.1. The van der Waals surface area contributed by atoms with Crippen LogP contribution in [0.5, 0.6) is 0 Å². The number of amides is 2. The van der Waals surface area contributed by atoms with Crippen LogP contribution in [0.25, 0.3) is 0 Å². The zero-order chi connectivity index (χ0) is 21.7. The minimum Gasteiger partial charge on any atom is -0.330 e. The van der Waals surface area contributed by atoms with Crippen molar-refractivity contribution >= 4 is 28.5 Å². The van der Waals surface area contributed by atoms with Gasteiger partial charge in [0.05, 0.1) is 11.9 Å². The van der Waals surface area contributed by atoms with Gasteiger partial charge < -0.3 is 11.1 Å². The van der Waals surface area contributed by atoms with Crippen LogP contribution in [0.15, 0.2) is 84.2 Å². The normalized spacial score (nSPS) is 18.0. The van der Waals surface area contributed by atoms with Crippen molar-refractivity contribution in [3.8, 4) is 0 Å². The standard InChI is InChI=1S/C24H25N5OS/c1-18-8-5-9-19(16-18)22-28-29(23(30)27-21-12-6-15-26-17-21)24(31-22,13-7-14-25)20-10-3-2-4-11-20/h2-6,8-12,15-17H,7,13-14,25H2,1H3,(H,27,30). The number of carbonyl (C=O) groups excluding carboxylic acids is 1. The first-order valence-electron chi connectivity index (χ1n) is 10.2. The van der Waals surface area contributed by atoms with E-state index in [1.807, 2.05) is 48.5 Å². The van der Waals surface area contributed by atoms with Gasteiger partial charge in [-0.15, -0.1) is 0 Å². The largest absolute Gasteiger partial charge is 0.344 e. The maximum absolute atomic E-state index is 13.4. The fourth-order valence-electron chi connectivity index (χ4n) is 3.64. The molecule has 0 radical (unpaired) electrons. The van der Waals surface area contributed by atoms with Gasteiger partial charge in [0.15, 0.2) is 0 Å². The number of hydrogen-bond donors (Lipinski definition) is 2. The van der Waals surface area contributed by atoms with Crippen molar-refractivity contribution in [3.63, 3.8) is 0 Å². The highest BCUT2D eigenvalue weighted by molar-refractivity contribution is 8.15. The van der Waals surface area contributed by atoms with Gasteiger partial charge in [0.2, 0.25) is 0 Å². The fraction of sp³-hybridized carbons (Fsp3) is 0.208. The Morgan fingerprint density at radius 2 is 1.97 bits per heavy atom. The number of aromatic nitrogens is 1. The molecule has 158 valence electrons. The molecule has 6 nitrogen and oxygen atoms in total. The van der Waals surface area contributed by atoms with Crippen LogP contribution in [0.1, 0.15) is 29.5 Å². The topological polar surface area (TPSA) is 83.6 Å². The Morgan fingerprint density at radius 3 is 2.68 bits per heavy atom. The molecule has 0 aliphatic carbocycles. The van der Waals surface area contributed by atoms with E-state index < -0.39 is 4.87 Å². The van der Waals surface area contributed by atoms with Gasteiger partial charge in [-0.25, -0.2) is 4.79 Å². The molecule has 1 unspecified atom stereocenters. The molecule has 0 fully saturated rings. The van der Waals surface area contributed by atoms with E-state index in [0.717, 1.165) is 28.2 Å². The van der Waals surface area contributed by atoms with Gasteiger partial charge in [-0.3, -0.25) is 4.98 Å². The van der Waals surface area contributed by atoms with Crippen LogP contribution in [0, 0.1) is 6.92 Å². The molecule has 31 heavy (non-hydrogen) atoms. The van der Waals surface area contributed by atoms with Crippen LogP contribution in [0.4, 0.5) is 10.5 Å². The summed E-state index contributed by atoms with van der Waals surface area (Å²) < 4.78 is 0. The minimum atomic E-state index is -0.688. The van der Waals surface area contributed by atoms with Gasteiger partial charge in [0.1, 0.15) is 9.91 Å². The molecule has 2 aromatic carbocycles. The average molecular weight is 432 g/mol. The molecule has 0 spiro atoms. The summed E-state index contributed by atoms with van der Waals surface area (Å²) in [5, 5.41) is 10.1. The summed E-state index contributed by atoms with van der Waals surface area (Å²) in [5.41, 5.74) is 9.66. The number of benzene rings is 2. The van der Waals surface area contributed by atoms with Crippen molar-refractivity contribution in [2.75, 3.05) is 11.9 Å². The maximum atomic E-state index is 13.4. The van der Waals surface area contributed by atoms with E-state index in [-0.39, 0.29) is 6.03 Å². The predicted octanol–water partition coefficient (Wildman–Crippen LogP) is 4.92. The second-order valence-corrected chi connectivity index (χ2v) is 8.67. The number of pyridine rings is 1. The lowest BCUT2D eigenvalue weighted by molar-refractivity contribution is 0.175. The first-order chi connectivity index (χ1) is 15.1. The zero-order valence-corrected chi connectivity index (χ0v) is 18.2. The lowest BCUT2D eigenvalue weighted by atomic mass is 10.0. The van der Waals surface area contributed by atoms with Crippen LogP contribution in [-0.4, -0.2) is 27.6 Å². The smallest absolute Gasteiger partial charge is 0.330 e. The van der Waals surface area contributed by atoms with Gasteiger partial charge in [-0.05, 0) is 50.1 Å². The Labute approximate surface area is 186 Å². The molecule has 3 aromatic rings. The molecule has 7 heteroatoms. The van der Waals surface area contributed by atoms with Crippen molar-refractivity contribution in [1.82, 2.24) is 9.99 Å².